The molecule has 0 atom stereocenters. The quantitative estimate of drug-likeness (QED) is 0.634. The van der Waals surface area contributed by atoms with E-state index in [1.54, 1.807) is 7.11 Å². The van der Waals surface area contributed by atoms with Gasteiger partial charge in [0, 0.05) is 36.3 Å². The molecule has 0 unspecified atom stereocenters. The van der Waals surface area contributed by atoms with Crippen molar-refractivity contribution in [2.75, 3.05) is 12.4 Å². The van der Waals surface area contributed by atoms with Gasteiger partial charge in [0.2, 0.25) is 0 Å². The molecule has 1 aromatic heterocycles. The van der Waals surface area contributed by atoms with E-state index in [2.05, 4.69) is 22.1 Å². The number of fused-ring (bicyclic) bond motifs is 1. The summed E-state index contributed by atoms with van der Waals surface area (Å²) in [6.07, 6.45) is 6.80. The Balaban J connectivity index is 0.00000240. The number of amides is 1. The van der Waals surface area contributed by atoms with Crippen LogP contribution in [0.15, 0.2) is 48.7 Å². The fourth-order valence-corrected chi connectivity index (χ4v) is 4.05. The van der Waals surface area contributed by atoms with Crippen LogP contribution in [-0.2, 0) is 18.2 Å². The van der Waals surface area contributed by atoms with Gasteiger partial charge >= 0.3 is 35.7 Å². The predicted molar refractivity (Wildman–Crippen MR) is 118 cm³/mol. The molecule has 1 saturated carbocycles. The van der Waals surface area contributed by atoms with Gasteiger partial charge in [-0.25, -0.2) is 4.79 Å². The molecule has 0 spiro atoms. The van der Waals surface area contributed by atoms with Crippen molar-refractivity contribution >= 4 is 52.2 Å². The summed E-state index contributed by atoms with van der Waals surface area (Å²) in [5.74, 6) is 0.883. The number of ether oxygens (including phenoxy) is 2. The predicted octanol–water partition coefficient (Wildman–Crippen LogP) is 4.62. The zero-order chi connectivity index (χ0) is 19.5. The molecule has 1 heterocycles. The number of methoxy groups -OCH3 is 1. The molecule has 1 aliphatic carbocycles. The third kappa shape index (κ3) is 4.97. The van der Waals surface area contributed by atoms with E-state index in [-0.39, 0.29) is 41.8 Å². The van der Waals surface area contributed by atoms with Crippen LogP contribution in [0.2, 0.25) is 0 Å². The third-order valence-corrected chi connectivity index (χ3v) is 5.47. The van der Waals surface area contributed by atoms with Gasteiger partial charge in [-0.15, -0.1) is 0 Å². The Morgan fingerprint density at radius 1 is 1.14 bits per heavy atom. The molecule has 0 bridgehead atoms. The van der Waals surface area contributed by atoms with Crippen molar-refractivity contribution in [3.05, 3.63) is 59.8 Å². The molecule has 1 fully saturated rings. The first kappa shape index (κ1) is 21.8. The van der Waals surface area contributed by atoms with E-state index in [1.807, 2.05) is 43.4 Å². The fourth-order valence-electron chi connectivity index (χ4n) is 4.05. The van der Waals surface area contributed by atoms with Gasteiger partial charge in [0.25, 0.3) is 0 Å². The minimum atomic E-state index is -0.367. The molecule has 5 nitrogen and oxygen atoms in total. The van der Waals surface area contributed by atoms with E-state index in [1.165, 1.54) is 5.56 Å². The summed E-state index contributed by atoms with van der Waals surface area (Å²) in [4.78, 5) is 12.2. The van der Waals surface area contributed by atoms with Crippen molar-refractivity contribution < 1.29 is 14.3 Å². The van der Waals surface area contributed by atoms with E-state index >= 15 is 0 Å². The maximum atomic E-state index is 12.2. The SMILES string of the molecule is COc1ccccc1Cc1cn(C)c2ccc(NC(=O)OC3CCCC3)cc12.[NaH]. The number of aromatic nitrogens is 1. The van der Waals surface area contributed by atoms with Gasteiger partial charge in [0.1, 0.15) is 11.9 Å². The monoisotopic (exact) mass is 402 g/mol. The zero-order valence-electron chi connectivity index (χ0n) is 16.4. The summed E-state index contributed by atoms with van der Waals surface area (Å²) in [6, 6.07) is 14.0. The van der Waals surface area contributed by atoms with Crippen LogP contribution in [0.25, 0.3) is 10.9 Å². The summed E-state index contributed by atoms with van der Waals surface area (Å²) in [6.45, 7) is 0. The first-order valence-electron chi connectivity index (χ1n) is 9.81. The molecule has 1 N–H and O–H groups in total. The second-order valence-corrected chi connectivity index (χ2v) is 7.42. The number of rotatable bonds is 5. The number of nitrogens with zero attached hydrogens (tertiary/aromatic N) is 1. The maximum absolute atomic E-state index is 12.2. The third-order valence-electron chi connectivity index (χ3n) is 5.47. The number of carbonyl (C=O) groups is 1. The van der Waals surface area contributed by atoms with Crippen LogP contribution in [0.1, 0.15) is 36.8 Å². The van der Waals surface area contributed by atoms with Gasteiger partial charge in [-0.3, -0.25) is 5.32 Å². The number of hydrogen-bond acceptors (Lipinski definition) is 3. The number of aryl methyl sites for hydroxylation is 1. The van der Waals surface area contributed by atoms with Gasteiger partial charge in [0.15, 0.2) is 0 Å². The topological polar surface area (TPSA) is 52.5 Å². The Morgan fingerprint density at radius 2 is 1.90 bits per heavy atom. The van der Waals surface area contributed by atoms with Crippen LogP contribution in [-0.4, -0.2) is 53.4 Å². The first-order valence-corrected chi connectivity index (χ1v) is 9.81. The molecule has 29 heavy (non-hydrogen) atoms. The molecule has 0 aliphatic heterocycles. The molecule has 3 aromatic rings. The number of nitrogens with one attached hydrogen (secondary N) is 1. The number of para-hydroxylation sites is 1. The van der Waals surface area contributed by atoms with Crippen molar-refractivity contribution in [3.63, 3.8) is 0 Å². The van der Waals surface area contributed by atoms with Crippen LogP contribution in [0.4, 0.5) is 10.5 Å². The van der Waals surface area contributed by atoms with Gasteiger partial charge in [-0.2, -0.15) is 0 Å². The summed E-state index contributed by atoms with van der Waals surface area (Å²) < 4.78 is 13.1. The van der Waals surface area contributed by atoms with E-state index in [0.717, 1.165) is 60.0 Å². The summed E-state index contributed by atoms with van der Waals surface area (Å²) in [5, 5.41) is 4.01. The second kappa shape index (κ2) is 9.70. The summed E-state index contributed by atoms with van der Waals surface area (Å²) >= 11 is 0. The number of anilines is 1. The van der Waals surface area contributed by atoms with E-state index < -0.39 is 0 Å². The molecule has 6 heteroatoms. The number of hydrogen-bond donors (Lipinski definition) is 1. The normalized spacial score (nSPS) is 13.9. The minimum absolute atomic E-state index is 0. The van der Waals surface area contributed by atoms with Crippen LogP contribution in [0, 0.1) is 0 Å². The Hall–Kier alpha value is -1.95. The number of carbonyl (C=O) groups excluding carboxylic acids is 1. The summed E-state index contributed by atoms with van der Waals surface area (Å²) in [5.41, 5.74) is 4.20. The molecular weight excluding hydrogens is 375 g/mol. The Bertz CT molecular complexity index is 993. The first-order chi connectivity index (χ1) is 13.6. The molecule has 0 radical (unpaired) electrons. The summed E-state index contributed by atoms with van der Waals surface area (Å²) in [7, 11) is 3.73. The van der Waals surface area contributed by atoms with E-state index in [4.69, 9.17) is 9.47 Å². The van der Waals surface area contributed by atoms with Crippen molar-refractivity contribution in [2.24, 2.45) is 7.05 Å². The molecule has 1 aliphatic rings. The Morgan fingerprint density at radius 3 is 2.66 bits per heavy atom. The second-order valence-electron chi connectivity index (χ2n) is 7.42. The average molecular weight is 402 g/mol. The van der Waals surface area contributed by atoms with Gasteiger partial charge in [0.05, 0.1) is 7.11 Å². The average Bonchev–Trinajstić information content (AvgIpc) is 3.30. The van der Waals surface area contributed by atoms with Crippen molar-refractivity contribution in [1.82, 2.24) is 4.57 Å². The molecule has 2 aromatic carbocycles. The van der Waals surface area contributed by atoms with Crippen LogP contribution < -0.4 is 10.1 Å². The Labute approximate surface area is 193 Å². The molecule has 148 valence electrons. The molecule has 4 rings (SSSR count). The van der Waals surface area contributed by atoms with Crippen LogP contribution >= 0.6 is 0 Å². The van der Waals surface area contributed by atoms with Crippen LogP contribution in [0.5, 0.6) is 5.75 Å². The molecule has 0 saturated heterocycles. The van der Waals surface area contributed by atoms with Crippen molar-refractivity contribution in [2.45, 2.75) is 38.2 Å². The van der Waals surface area contributed by atoms with Crippen LogP contribution in [0.3, 0.4) is 0 Å². The van der Waals surface area contributed by atoms with E-state index in [9.17, 15) is 4.79 Å². The van der Waals surface area contributed by atoms with Gasteiger partial charge < -0.3 is 14.0 Å². The Kier molecular flexibility index (Phi) is 7.28. The molecule has 1 amide bonds. The van der Waals surface area contributed by atoms with Gasteiger partial charge in [-0.1, -0.05) is 18.2 Å². The molecular formula is C23H27N2NaO3. The number of benzene rings is 2. The fraction of sp³-hybridized carbons (Fsp3) is 0.348. The zero-order valence-corrected chi connectivity index (χ0v) is 16.4. The van der Waals surface area contributed by atoms with Crippen molar-refractivity contribution in [3.8, 4) is 5.75 Å². The standard InChI is InChI=1S/C23H26N2O3.Na.H/c1-25-15-17(13-16-7-3-6-10-22(16)27-2)20-14-18(11-12-21(20)25)24-23(26)28-19-8-4-5-9-19;;/h3,6-7,10-12,14-15,19H,4-5,8-9,13H2,1-2H3,(H,24,26);;. The van der Waals surface area contributed by atoms with Gasteiger partial charge in [-0.05, 0) is 61.1 Å². The van der Waals surface area contributed by atoms with Crippen molar-refractivity contribution in [1.29, 1.82) is 0 Å². The van der Waals surface area contributed by atoms with E-state index in [0.29, 0.717) is 0 Å².